The van der Waals surface area contributed by atoms with Gasteiger partial charge in [0, 0.05) is 6.54 Å². The van der Waals surface area contributed by atoms with E-state index < -0.39 is 0 Å². The quantitative estimate of drug-likeness (QED) is 0.876. The van der Waals surface area contributed by atoms with Crippen LogP contribution in [0.2, 0.25) is 0 Å². The van der Waals surface area contributed by atoms with Crippen LogP contribution in [0.1, 0.15) is 18.1 Å². The third-order valence-electron chi connectivity index (χ3n) is 3.51. The Balaban J connectivity index is 0.00000192. The Morgan fingerprint density at radius 2 is 1.65 bits per heavy atom. The molecule has 3 rings (SSSR count). The van der Waals surface area contributed by atoms with E-state index in [1.807, 2.05) is 30.3 Å². The summed E-state index contributed by atoms with van der Waals surface area (Å²) in [6.07, 6.45) is 0. The van der Waals surface area contributed by atoms with Crippen molar-refractivity contribution >= 4 is 12.4 Å². The van der Waals surface area contributed by atoms with E-state index in [9.17, 15) is 0 Å². The summed E-state index contributed by atoms with van der Waals surface area (Å²) < 4.78 is 16.9. The average Bonchev–Trinajstić information content (AvgIpc) is 2.59. The lowest BCUT2D eigenvalue weighted by Gasteiger charge is -2.19. The molecular weight excluding hydrogens is 314 g/mol. The molecule has 0 spiro atoms. The number of ether oxygens (including phenoxy) is 3. The molecule has 0 aliphatic carbocycles. The maximum atomic E-state index is 5.83. The van der Waals surface area contributed by atoms with Crippen LogP contribution in [0.5, 0.6) is 17.2 Å². The largest absolute Gasteiger partial charge is 0.489 e. The van der Waals surface area contributed by atoms with Crippen LogP contribution in [0.3, 0.4) is 0 Å². The summed E-state index contributed by atoms with van der Waals surface area (Å²) in [6.45, 7) is 5.70. The normalized spacial score (nSPS) is 12.4. The predicted octanol–water partition coefficient (Wildman–Crippen LogP) is 3.57. The predicted molar refractivity (Wildman–Crippen MR) is 92.8 cm³/mol. The molecule has 124 valence electrons. The van der Waals surface area contributed by atoms with Crippen molar-refractivity contribution in [2.24, 2.45) is 0 Å². The van der Waals surface area contributed by atoms with Crippen molar-refractivity contribution in [3.05, 3.63) is 53.6 Å². The van der Waals surface area contributed by atoms with E-state index in [2.05, 4.69) is 24.4 Å². The van der Waals surface area contributed by atoms with E-state index in [4.69, 9.17) is 14.2 Å². The molecule has 5 heteroatoms. The molecule has 0 aromatic heterocycles. The fourth-order valence-electron chi connectivity index (χ4n) is 2.32. The number of benzene rings is 2. The smallest absolute Gasteiger partial charge is 0.161 e. The Morgan fingerprint density at radius 3 is 2.39 bits per heavy atom. The van der Waals surface area contributed by atoms with Crippen molar-refractivity contribution < 1.29 is 14.2 Å². The third-order valence-corrected chi connectivity index (χ3v) is 3.51. The number of hydrogen-bond donors (Lipinski definition) is 1. The molecule has 1 aliphatic rings. The Hall–Kier alpha value is -1.91. The molecule has 0 fully saturated rings. The second-order valence-corrected chi connectivity index (χ2v) is 5.19. The van der Waals surface area contributed by atoms with Crippen molar-refractivity contribution in [3.63, 3.8) is 0 Å². The monoisotopic (exact) mass is 335 g/mol. The van der Waals surface area contributed by atoms with Crippen LogP contribution in [0.25, 0.3) is 0 Å². The van der Waals surface area contributed by atoms with Gasteiger partial charge in [0.25, 0.3) is 0 Å². The highest BCUT2D eigenvalue weighted by atomic mass is 35.5. The van der Waals surface area contributed by atoms with Crippen molar-refractivity contribution in [3.8, 4) is 17.2 Å². The lowest BCUT2D eigenvalue weighted by atomic mass is 10.2. The van der Waals surface area contributed by atoms with E-state index in [-0.39, 0.29) is 12.4 Å². The Labute approximate surface area is 143 Å². The van der Waals surface area contributed by atoms with E-state index in [1.165, 1.54) is 5.56 Å². The first kappa shape index (κ1) is 17.4. The first-order valence-corrected chi connectivity index (χ1v) is 7.66. The second-order valence-electron chi connectivity index (χ2n) is 5.19. The zero-order chi connectivity index (χ0) is 15.2. The molecule has 0 radical (unpaired) electrons. The molecule has 2 aromatic rings. The summed E-state index contributed by atoms with van der Waals surface area (Å²) in [5, 5.41) is 3.30. The highest BCUT2D eigenvalue weighted by Crippen LogP contribution is 2.31. The standard InChI is InChI=1S/C18H21NO3.ClH/c1-2-19-12-14-3-6-16(7-4-14)22-13-15-5-8-17-18(11-15)21-10-9-20-17;/h3-8,11,19H,2,9-10,12-13H2,1H3;1H. The minimum Gasteiger partial charge on any atom is -0.489 e. The van der Waals surface area contributed by atoms with Gasteiger partial charge in [-0.1, -0.05) is 25.1 Å². The summed E-state index contributed by atoms with van der Waals surface area (Å²) >= 11 is 0. The maximum absolute atomic E-state index is 5.83. The summed E-state index contributed by atoms with van der Waals surface area (Å²) in [5.74, 6) is 2.48. The van der Waals surface area contributed by atoms with Crippen LogP contribution in [0.15, 0.2) is 42.5 Å². The topological polar surface area (TPSA) is 39.7 Å². The molecule has 0 atom stereocenters. The van der Waals surface area contributed by atoms with Crippen molar-refractivity contribution in [2.45, 2.75) is 20.1 Å². The van der Waals surface area contributed by atoms with E-state index in [0.29, 0.717) is 19.8 Å². The fraction of sp³-hybridized carbons (Fsp3) is 0.333. The van der Waals surface area contributed by atoms with Gasteiger partial charge in [0.05, 0.1) is 0 Å². The Kier molecular flexibility index (Phi) is 6.56. The van der Waals surface area contributed by atoms with Gasteiger partial charge in [-0.25, -0.2) is 0 Å². The minimum absolute atomic E-state index is 0. The lowest BCUT2D eigenvalue weighted by Crippen LogP contribution is -2.15. The second kappa shape index (κ2) is 8.65. The van der Waals surface area contributed by atoms with Gasteiger partial charge in [0.1, 0.15) is 25.6 Å². The van der Waals surface area contributed by atoms with Gasteiger partial charge in [0.15, 0.2) is 11.5 Å². The Morgan fingerprint density at radius 1 is 0.957 bits per heavy atom. The van der Waals surface area contributed by atoms with Gasteiger partial charge >= 0.3 is 0 Å². The fourth-order valence-corrected chi connectivity index (χ4v) is 2.32. The molecule has 1 heterocycles. The molecule has 4 nitrogen and oxygen atoms in total. The average molecular weight is 336 g/mol. The third kappa shape index (κ3) is 4.78. The number of halogens is 1. The number of nitrogens with one attached hydrogen (secondary N) is 1. The van der Waals surface area contributed by atoms with Crippen LogP contribution in [0.4, 0.5) is 0 Å². The van der Waals surface area contributed by atoms with Gasteiger partial charge in [-0.2, -0.15) is 0 Å². The van der Waals surface area contributed by atoms with Crippen molar-refractivity contribution in [1.82, 2.24) is 5.32 Å². The van der Waals surface area contributed by atoms with Crippen LogP contribution in [-0.2, 0) is 13.2 Å². The molecule has 1 aliphatic heterocycles. The van der Waals surface area contributed by atoms with Crippen LogP contribution in [0, 0.1) is 0 Å². The molecule has 0 saturated heterocycles. The van der Waals surface area contributed by atoms with Crippen LogP contribution >= 0.6 is 12.4 Å². The molecule has 0 amide bonds. The van der Waals surface area contributed by atoms with E-state index in [1.54, 1.807) is 0 Å². The molecular formula is C18H22ClNO3. The Bertz CT molecular complexity index is 616. The summed E-state index contributed by atoms with van der Waals surface area (Å²) in [7, 11) is 0. The molecule has 0 unspecified atom stereocenters. The van der Waals surface area contributed by atoms with Gasteiger partial charge in [0.2, 0.25) is 0 Å². The highest BCUT2D eigenvalue weighted by molar-refractivity contribution is 5.85. The van der Waals surface area contributed by atoms with E-state index in [0.717, 1.165) is 35.9 Å². The molecule has 1 N–H and O–H groups in total. The SMILES string of the molecule is CCNCc1ccc(OCc2ccc3c(c2)OCCO3)cc1.Cl. The van der Waals surface area contributed by atoms with Gasteiger partial charge < -0.3 is 19.5 Å². The lowest BCUT2D eigenvalue weighted by molar-refractivity contribution is 0.171. The van der Waals surface area contributed by atoms with Gasteiger partial charge in [-0.3, -0.25) is 0 Å². The maximum Gasteiger partial charge on any atom is 0.161 e. The van der Waals surface area contributed by atoms with E-state index >= 15 is 0 Å². The van der Waals surface area contributed by atoms with Gasteiger partial charge in [-0.15, -0.1) is 12.4 Å². The zero-order valence-corrected chi connectivity index (χ0v) is 14.0. The number of hydrogen-bond acceptors (Lipinski definition) is 4. The highest BCUT2D eigenvalue weighted by Gasteiger charge is 2.11. The molecule has 0 saturated carbocycles. The first-order chi connectivity index (χ1) is 10.8. The molecule has 23 heavy (non-hydrogen) atoms. The minimum atomic E-state index is 0. The molecule has 2 aromatic carbocycles. The van der Waals surface area contributed by atoms with Gasteiger partial charge in [-0.05, 0) is 41.9 Å². The molecule has 0 bridgehead atoms. The first-order valence-electron chi connectivity index (χ1n) is 7.66. The van der Waals surface area contributed by atoms with Crippen molar-refractivity contribution in [2.75, 3.05) is 19.8 Å². The number of fused-ring (bicyclic) bond motifs is 1. The summed E-state index contributed by atoms with van der Waals surface area (Å²) in [4.78, 5) is 0. The zero-order valence-electron chi connectivity index (χ0n) is 13.2. The summed E-state index contributed by atoms with van der Waals surface area (Å²) in [5.41, 5.74) is 2.33. The summed E-state index contributed by atoms with van der Waals surface area (Å²) in [6, 6.07) is 14.1. The van der Waals surface area contributed by atoms with Crippen LogP contribution in [-0.4, -0.2) is 19.8 Å². The van der Waals surface area contributed by atoms with Crippen LogP contribution < -0.4 is 19.5 Å². The number of rotatable bonds is 6. The van der Waals surface area contributed by atoms with Crippen molar-refractivity contribution in [1.29, 1.82) is 0 Å².